The molecule has 3 rings (SSSR count). The molecule has 2 amide bonds. The Morgan fingerprint density at radius 1 is 1.33 bits per heavy atom. The fourth-order valence-electron chi connectivity index (χ4n) is 2.27. The fraction of sp³-hybridized carbons (Fsp3) is 0.286. The molecule has 0 spiro atoms. The molecule has 110 valence electrons. The minimum atomic E-state index is -0.301. The van der Waals surface area contributed by atoms with E-state index in [9.17, 15) is 9.59 Å². The smallest absolute Gasteiger partial charge is 0.322 e. The number of para-hydroxylation sites is 1. The first kappa shape index (κ1) is 13.9. The number of fused-ring (bicyclic) bond motifs is 1. The van der Waals surface area contributed by atoms with Gasteiger partial charge in [0, 0.05) is 24.7 Å². The highest BCUT2D eigenvalue weighted by Crippen LogP contribution is 2.19. The molecule has 0 aliphatic carbocycles. The first-order valence-corrected chi connectivity index (χ1v) is 6.98. The van der Waals surface area contributed by atoms with E-state index < -0.39 is 0 Å². The lowest BCUT2D eigenvalue weighted by Crippen LogP contribution is -2.43. The number of carbonyl (C=O) groups is 1. The summed E-state index contributed by atoms with van der Waals surface area (Å²) in [6.45, 7) is 2.06. The summed E-state index contributed by atoms with van der Waals surface area (Å²) in [7, 11) is 0. The molecule has 2 aromatic rings. The Balaban J connectivity index is 1.89. The van der Waals surface area contributed by atoms with Crippen LogP contribution in [0.4, 0.5) is 10.5 Å². The normalized spacial score (nSPS) is 15.2. The van der Waals surface area contributed by atoms with Gasteiger partial charge in [-0.15, -0.1) is 0 Å². The van der Waals surface area contributed by atoms with Crippen molar-refractivity contribution in [2.24, 2.45) is 0 Å². The average molecular weight is 308 g/mol. The van der Waals surface area contributed by atoms with E-state index in [1.54, 1.807) is 23.1 Å². The van der Waals surface area contributed by atoms with Gasteiger partial charge in [-0.2, -0.15) is 0 Å². The molecule has 2 heterocycles. The van der Waals surface area contributed by atoms with Gasteiger partial charge in [-0.3, -0.25) is 4.79 Å². The van der Waals surface area contributed by atoms with Crippen LogP contribution in [-0.2, 0) is 4.74 Å². The number of aromatic nitrogens is 1. The lowest BCUT2D eigenvalue weighted by Gasteiger charge is -2.26. The number of amides is 2. The van der Waals surface area contributed by atoms with Gasteiger partial charge in [0.05, 0.1) is 23.8 Å². The Morgan fingerprint density at radius 3 is 2.86 bits per heavy atom. The zero-order valence-electron chi connectivity index (χ0n) is 11.2. The van der Waals surface area contributed by atoms with E-state index >= 15 is 0 Å². The molecular weight excluding hydrogens is 294 g/mol. The fourth-order valence-corrected chi connectivity index (χ4v) is 2.50. The van der Waals surface area contributed by atoms with Gasteiger partial charge in [0.2, 0.25) is 5.43 Å². The Bertz CT molecular complexity index is 738. The van der Waals surface area contributed by atoms with E-state index in [1.807, 2.05) is 0 Å². The number of nitrogens with one attached hydrogen (secondary N) is 2. The second-order valence-electron chi connectivity index (χ2n) is 4.72. The number of halogens is 1. The van der Waals surface area contributed by atoms with E-state index in [2.05, 4.69) is 10.3 Å². The molecule has 1 fully saturated rings. The zero-order chi connectivity index (χ0) is 14.8. The first-order valence-electron chi connectivity index (χ1n) is 6.60. The number of rotatable bonds is 1. The number of carbonyl (C=O) groups excluding carboxylic acids is 1. The van der Waals surface area contributed by atoms with Crippen LogP contribution in [0.5, 0.6) is 0 Å². The summed E-state index contributed by atoms with van der Waals surface area (Å²) in [6.07, 6.45) is 1.47. The molecule has 2 N–H and O–H groups in total. The van der Waals surface area contributed by atoms with Crippen molar-refractivity contribution in [1.29, 1.82) is 0 Å². The average Bonchev–Trinajstić information content (AvgIpc) is 2.51. The van der Waals surface area contributed by atoms with Crippen LogP contribution in [0.25, 0.3) is 10.9 Å². The number of morpholine rings is 1. The van der Waals surface area contributed by atoms with Crippen molar-refractivity contribution < 1.29 is 9.53 Å². The zero-order valence-corrected chi connectivity index (χ0v) is 11.9. The van der Waals surface area contributed by atoms with Gasteiger partial charge < -0.3 is 19.9 Å². The van der Waals surface area contributed by atoms with Crippen LogP contribution >= 0.6 is 11.6 Å². The van der Waals surface area contributed by atoms with Crippen LogP contribution in [0.1, 0.15) is 0 Å². The summed E-state index contributed by atoms with van der Waals surface area (Å²) in [4.78, 5) is 29.0. The molecular formula is C14H14ClN3O3. The second kappa shape index (κ2) is 5.75. The highest BCUT2D eigenvalue weighted by molar-refractivity contribution is 6.35. The number of hydrogen-bond acceptors (Lipinski definition) is 3. The molecule has 6 nitrogen and oxygen atoms in total. The first-order chi connectivity index (χ1) is 10.2. The van der Waals surface area contributed by atoms with Crippen molar-refractivity contribution in [1.82, 2.24) is 9.88 Å². The van der Waals surface area contributed by atoms with Crippen molar-refractivity contribution in [3.8, 4) is 0 Å². The minimum absolute atomic E-state index is 0.209. The number of ether oxygens (including phenoxy) is 1. The third-order valence-electron chi connectivity index (χ3n) is 3.40. The third-order valence-corrected chi connectivity index (χ3v) is 3.72. The Kier molecular flexibility index (Phi) is 3.81. The molecule has 0 unspecified atom stereocenters. The number of aromatic amines is 1. The predicted octanol–water partition coefficient (Wildman–Crippen LogP) is 2.05. The summed E-state index contributed by atoms with van der Waals surface area (Å²) in [5.74, 6) is 0. The van der Waals surface area contributed by atoms with Crippen molar-refractivity contribution in [2.75, 3.05) is 31.6 Å². The summed E-state index contributed by atoms with van der Waals surface area (Å²) in [5.41, 5.74) is 0.516. The number of pyridine rings is 1. The molecule has 0 atom stereocenters. The highest BCUT2D eigenvalue weighted by Gasteiger charge is 2.18. The van der Waals surface area contributed by atoms with Crippen molar-refractivity contribution in [2.45, 2.75) is 0 Å². The highest BCUT2D eigenvalue weighted by atomic mass is 35.5. The van der Waals surface area contributed by atoms with Crippen LogP contribution in [0.3, 0.4) is 0 Å². The van der Waals surface area contributed by atoms with Gasteiger partial charge in [0.1, 0.15) is 5.69 Å². The molecule has 1 aliphatic heterocycles. The quantitative estimate of drug-likeness (QED) is 0.846. The summed E-state index contributed by atoms with van der Waals surface area (Å²) in [6, 6.07) is 4.77. The molecule has 1 aliphatic rings. The number of hydrogen-bond donors (Lipinski definition) is 2. The molecule has 0 radical (unpaired) electrons. The van der Waals surface area contributed by atoms with Crippen LogP contribution in [0.2, 0.25) is 5.02 Å². The summed E-state index contributed by atoms with van der Waals surface area (Å²) < 4.78 is 5.19. The SMILES string of the molecule is O=C(Nc1c[nH]c2c(Cl)cccc2c1=O)N1CCOCC1. The molecule has 1 saturated heterocycles. The molecule has 1 aromatic carbocycles. The largest absolute Gasteiger partial charge is 0.378 e. The maximum Gasteiger partial charge on any atom is 0.322 e. The molecule has 1 aromatic heterocycles. The third kappa shape index (κ3) is 2.72. The van der Waals surface area contributed by atoms with Gasteiger partial charge >= 0.3 is 6.03 Å². The van der Waals surface area contributed by atoms with E-state index in [0.717, 1.165) is 0 Å². The van der Waals surface area contributed by atoms with Crippen molar-refractivity contribution in [3.63, 3.8) is 0 Å². The number of H-pyrrole nitrogens is 1. The van der Waals surface area contributed by atoms with Crippen LogP contribution in [0.15, 0.2) is 29.2 Å². The van der Waals surface area contributed by atoms with Gasteiger partial charge in [-0.1, -0.05) is 17.7 Å². The van der Waals surface area contributed by atoms with Gasteiger partial charge in [-0.25, -0.2) is 4.79 Å². The van der Waals surface area contributed by atoms with Crippen molar-refractivity contribution in [3.05, 3.63) is 39.6 Å². The maximum absolute atomic E-state index is 12.4. The summed E-state index contributed by atoms with van der Waals surface area (Å²) >= 11 is 6.03. The standard InChI is InChI=1S/C14H14ClN3O3/c15-10-3-1-2-9-12(10)16-8-11(13(9)19)17-14(20)18-4-6-21-7-5-18/h1-3,8H,4-7H2,(H,16,19)(H,17,20). The number of anilines is 1. The molecule has 0 saturated carbocycles. The van der Waals surface area contributed by atoms with E-state index in [4.69, 9.17) is 16.3 Å². The van der Waals surface area contributed by atoms with Crippen molar-refractivity contribution >= 4 is 34.2 Å². The number of urea groups is 1. The molecule has 21 heavy (non-hydrogen) atoms. The van der Waals surface area contributed by atoms with Crippen LogP contribution in [-0.4, -0.2) is 42.2 Å². The van der Waals surface area contributed by atoms with E-state index in [-0.39, 0.29) is 17.1 Å². The number of benzene rings is 1. The second-order valence-corrected chi connectivity index (χ2v) is 5.13. The lowest BCUT2D eigenvalue weighted by atomic mass is 10.2. The molecule has 0 bridgehead atoms. The number of nitrogens with zero attached hydrogens (tertiary/aromatic N) is 1. The Hall–Kier alpha value is -2.05. The van der Waals surface area contributed by atoms with Gasteiger partial charge in [0.15, 0.2) is 0 Å². The van der Waals surface area contributed by atoms with Gasteiger partial charge in [0.25, 0.3) is 0 Å². The lowest BCUT2D eigenvalue weighted by molar-refractivity contribution is 0.0564. The Morgan fingerprint density at radius 2 is 2.10 bits per heavy atom. The monoisotopic (exact) mass is 307 g/mol. The summed E-state index contributed by atoms with van der Waals surface area (Å²) in [5, 5.41) is 3.55. The van der Waals surface area contributed by atoms with Crippen LogP contribution < -0.4 is 10.7 Å². The van der Waals surface area contributed by atoms with Gasteiger partial charge in [-0.05, 0) is 12.1 Å². The topological polar surface area (TPSA) is 74.4 Å². The van der Waals surface area contributed by atoms with E-state index in [1.165, 1.54) is 6.20 Å². The van der Waals surface area contributed by atoms with E-state index in [0.29, 0.717) is 42.2 Å². The molecule has 7 heteroatoms. The predicted molar refractivity (Wildman–Crippen MR) is 81.0 cm³/mol. The Labute approximate surface area is 125 Å². The minimum Gasteiger partial charge on any atom is -0.378 e. The maximum atomic E-state index is 12.4. The van der Waals surface area contributed by atoms with Crippen LogP contribution in [0, 0.1) is 0 Å².